The lowest BCUT2D eigenvalue weighted by Gasteiger charge is -2.29. The van der Waals surface area contributed by atoms with Crippen LogP contribution in [0.1, 0.15) is 29.2 Å². The van der Waals surface area contributed by atoms with Crippen LogP contribution in [0.2, 0.25) is 5.02 Å². The van der Waals surface area contributed by atoms with Crippen LogP contribution in [-0.2, 0) is 13.0 Å². The molecule has 4 aromatic rings. The molecule has 3 aromatic carbocycles. The van der Waals surface area contributed by atoms with E-state index in [9.17, 15) is 4.39 Å². The Morgan fingerprint density at radius 3 is 2.41 bits per heavy atom. The first-order valence-electron chi connectivity index (χ1n) is 12.0. The molecule has 1 N–H and O–H groups in total. The summed E-state index contributed by atoms with van der Waals surface area (Å²) in [6.45, 7) is 10.0. The van der Waals surface area contributed by atoms with Crippen LogP contribution < -0.4 is 10.2 Å². The maximum absolute atomic E-state index is 14.3. The summed E-state index contributed by atoms with van der Waals surface area (Å²) in [5.41, 5.74) is 7.84. The van der Waals surface area contributed by atoms with Crippen LogP contribution in [0, 0.1) is 19.7 Å². The zero-order chi connectivity index (χ0) is 23.8. The first kappa shape index (κ1) is 22.9. The third kappa shape index (κ3) is 4.19. The van der Waals surface area contributed by atoms with E-state index in [2.05, 4.69) is 46.0 Å². The van der Waals surface area contributed by atoms with E-state index < -0.39 is 0 Å². The summed E-state index contributed by atoms with van der Waals surface area (Å²) in [7, 11) is 0. The molecule has 4 nitrogen and oxygen atoms in total. The van der Waals surface area contributed by atoms with Gasteiger partial charge in [0.15, 0.2) is 0 Å². The number of aryl methyl sites for hydroxylation is 3. The second-order valence-electron chi connectivity index (χ2n) is 9.11. The predicted octanol–water partition coefficient (Wildman–Crippen LogP) is 6.13. The van der Waals surface area contributed by atoms with Crippen molar-refractivity contribution in [2.75, 3.05) is 31.1 Å². The molecule has 0 saturated carbocycles. The Labute approximate surface area is 205 Å². The number of imidazole rings is 1. The van der Waals surface area contributed by atoms with Crippen molar-refractivity contribution in [1.82, 2.24) is 14.9 Å². The quantitative estimate of drug-likeness (QED) is 0.376. The Morgan fingerprint density at radius 2 is 1.71 bits per heavy atom. The topological polar surface area (TPSA) is 33.1 Å². The summed E-state index contributed by atoms with van der Waals surface area (Å²) >= 11 is 6.70. The van der Waals surface area contributed by atoms with Crippen LogP contribution in [0.3, 0.4) is 0 Å². The molecule has 34 heavy (non-hydrogen) atoms. The molecule has 1 aliphatic rings. The van der Waals surface area contributed by atoms with Crippen molar-refractivity contribution in [2.24, 2.45) is 0 Å². The third-order valence-corrected chi connectivity index (χ3v) is 6.94. The molecule has 0 amide bonds. The summed E-state index contributed by atoms with van der Waals surface area (Å²) in [5, 5.41) is 4.12. The summed E-state index contributed by atoms with van der Waals surface area (Å²) in [6, 6.07) is 16.4. The molecule has 0 spiro atoms. The number of nitrogens with one attached hydrogen (secondary N) is 1. The molecule has 0 radical (unpaired) electrons. The molecule has 1 fully saturated rings. The molecule has 0 unspecified atom stereocenters. The van der Waals surface area contributed by atoms with Gasteiger partial charge in [-0.2, -0.15) is 0 Å². The van der Waals surface area contributed by atoms with Crippen molar-refractivity contribution in [3.05, 3.63) is 81.6 Å². The summed E-state index contributed by atoms with van der Waals surface area (Å²) in [5.74, 6) is 0.802. The molecule has 6 heteroatoms. The summed E-state index contributed by atoms with van der Waals surface area (Å²) in [4.78, 5) is 7.55. The van der Waals surface area contributed by atoms with Crippen LogP contribution in [-0.4, -0.2) is 35.7 Å². The van der Waals surface area contributed by atoms with Gasteiger partial charge in [-0.3, -0.25) is 0 Å². The lowest BCUT2D eigenvalue weighted by atomic mass is 9.97. The molecule has 2 heterocycles. The number of benzene rings is 3. The Hall–Kier alpha value is -2.89. The fourth-order valence-electron chi connectivity index (χ4n) is 5.04. The summed E-state index contributed by atoms with van der Waals surface area (Å²) < 4.78 is 16.6. The monoisotopic (exact) mass is 476 g/mol. The minimum atomic E-state index is -0.136. The zero-order valence-electron chi connectivity index (χ0n) is 20.0. The third-order valence-electron chi connectivity index (χ3n) is 6.72. The normalized spacial score (nSPS) is 14.2. The van der Waals surface area contributed by atoms with Crippen molar-refractivity contribution < 1.29 is 4.39 Å². The second-order valence-corrected chi connectivity index (χ2v) is 9.55. The van der Waals surface area contributed by atoms with Gasteiger partial charge in [-0.15, -0.1) is 0 Å². The molecule has 0 bridgehead atoms. The number of halogens is 2. The van der Waals surface area contributed by atoms with Crippen LogP contribution in [0.25, 0.3) is 22.2 Å². The maximum atomic E-state index is 14.3. The molecule has 176 valence electrons. The van der Waals surface area contributed by atoms with Crippen LogP contribution >= 0.6 is 11.6 Å². The van der Waals surface area contributed by atoms with Gasteiger partial charge in [-0.1, -0.05) is 54.9 Å². The van der Waals surface area contributed by atoms with Gasteiger partial charge < -0.3 is 14.8 Å². The van der Waals surface area contributed by atoms with Gasteiger partial charge in [-0.25, -0.2) is 9.37 Å². The lowest BCUT2D eigenvalue weighted by molar-refractivity contribution is 0.571. The van der Waals surface area contributed by atoms with Crippen LogP contribution in [0.5, 0.6) is 0 Å². The molecule has 1 saturated heterocycles. The molecular weight excluding hydrogens is 447 g/mol. The van der Waals surface area contributed by atoms with E-state index in [-0.39, 0.29) is 5.82 Å². The fourth-order valence-corrected chi connectivity index (χ4v) is 5.26. The average Bonchev–Trinajstić information content (AvgIpc) is 3.20. The van der Waals surface area contributed by atoms with Gasteiger partial charge in [0.2, 0.25) is 5.95 Å². The van der Waals surface area contributed by atoms with Crippen LogP contribution in [0.4, 0.5) is 10.3 Å². The SMILES string of the molecule is CCc1ccccc1-c1cc(Cl)cc2c1nc(N1CCNCC1)n2Cc1cc(C)c(F)c(C)c1. The van der Waals surface area contributed by atoms with Crippen molar-refractivity contribution in [2.45, 2.75) is 33.7 Å². The second kappa shape index (κ2) is 9.40. The lowest BCUT2D eigenvalue weighted by Crippen LogP contribution is -2.44. The minimum Gasteiger partial charge on any atom is -0.340 e. The van der Waals surface area contributed by atoms with E-state index in [1.54, 1.807) is 0 Å². The number of piperazine rings is 1. The smallest absolute Gasteiger partial charge is 0.206 e. The molecular formula is C28H30ClFN4. The van der Waals surface area contributed by atoms with E-state index in [1.165, 1.54) is 11.1 Å². The van der Waals surface area contributed by atoms with E-state index in [0.29, 0.717) is 22.7 Å². The Kier molecular flexibility index (Phi) is 6.32. The Morgan fingerprint density at radius 1 is 1.00 bits per heavy atom. The first-order valence-corrected chi connectivity index (χ1v) is 12.3. The number of anilines is 1. The number of rotatable bonds is 5. The maximum Gasteiger partial charge on any atom is 0.206 e. The number of fused-ring (bicyclic) bond motifs is 1. The molecule has 1 aliphatic heterocycles. The van der Waals surface area contributed by atoms with E-state index in [1.807, 2.05) is 38.1 Å². The first-order chi connectivity index (χ1) is 16.5. The highest BCUT2D eigenvalue weighted by Gasteiger charge is 2.22. The van der Waals surface area contributed by atoms with Gasteiger partial charge in [-0.05, 0) is 60.2 Å². The Balaban J connectivity index is 1.73. The van der Waals surface area contributed by atoms with E-state index in [0.717, 1.165) is 60.7 Å². The molecule has 5 rings (SSSR count). The molecule has 0 atom stereocenters. The van der Waals surface area contributed by atoms with Gasteiger partial charge >= 0.3 is 0 Å². The van der Waals surface area contributed by atoms with Crippen molar-refractivity contribution in [3.8, 4) is 11.1 Å². The number of hydrogen-bond donors (Lipinski definition) is 1. The standard InChI is InChI=1S/C28H30ClFN4/c1-4-21-7-5-6-8-23(21)24-15-22(29)16-25-27(24)32-28(33-11-9-31-10-12-33)34(25)17-20-13-18(2)26(30)19(3)14-20/h5-8,13-16,31H,4,9-12,17H2,1-3H3. The van der Waals surface area contributed by atoms with Gasteiger partial charge in [0.1, 0.15) is 5.82 Å². The number of nitrogens with zero attached hydrogens (tertiary/aromatic N) is 3. The highest BCUT2D eigenvalue weighted by molar-refractivity contribution is 6.31. The average molecular weight is 477 g/mol. The van der Waals surface area contributed by atoms with E-state index in [4.69, 9.17) is 16.6 Å². The zero-order valence-corrected chi connectivity index (χ0v) is 20.7. The number of aromatic nitrogens is 2. The summed E-state index contributed by atoms with van der Waals surface area (Å²) in [6.07, 6.45) is 0.934. The largest absolute Gasteiger partial charge is 0.340 e. The Bertz CT molecular complexity index is 1330. The van der Waals surface area contributed by atoms with Crippen molar-refractivity contribution >= 4 is 28.6 Å². The van der Waals surface area contributed by atoms with E-state index >= 15 is 0 Å². The van der Waals surface area contributed by atoms with Gasteiger partial charge in [0.05, 0.1) is 17.6 Å². The fraction of sp³-hybridized carbons (Fsp3) is 0.321. The van der Waals surface area contributed by atoms with Gasteiger partial charge in [0, 0.05) is 36.8 Å². The number of hydrogen-bond acceptors (Lipinski definition) is 3. The highest BCUT2D eigenvalue weighted by Crippen LogP contribution is 2.36. The van der Waals surface area contributed by atoms with Crippen molar-refractivity contribution in [1.29, 1.82) is 0 Å². The minimum absolute atomic E-state index is 0.136. The highest BCUT2D eigenvalue weighted by atomic mass is 35.5. The van der Waals surface area contributed by atoms with Crippen molar-refractivity contribution in [3.63, 3.8) is 0 Å². The molecule has 1 aromatic heterocycles. The predicted molar refractivity (Wildman–Crippen MR) is 140 cm³/mol. The molecule has 0 aliphatic carbocycles. The van der Waals surface area contributed by atoms with Gasteiger partial charge in [0.25, 0.3) is 0 Å². The van der Waals surface area contributed by atoms with Crippen LogP contribution in [0.15, 0.2) is 48.5 Å².